The molecule has 1 rings (SSSR count). The quantitative estimate of drug-likeness (QED) is 0.619. The summed E-state index contributed by atoms with van der Waals surface area (Å²) in [6.45, 7) is 0. The number of hydrogen-bond acceptors (Lipinski definition) is 3. The van der Waals surface area contributed by atoms with E-state index in [2.05, 4.69) is 26.5 Å². The molecule has 0 atom stereocenters. The normalized spacial score (nSPS) is 9.67. The molecule has 0 unspecified atom stereocenters. The van der Waals surface area contributed by atoms with Crippen LogP contribution >= 0.6 is 15.9 Å². The summed E-state index contributed by atoms with van der Waals surface area (Å²) in [5, 5.41) is 11.8. The lowest BCUT2D eigenvalue weighted by molar-refractivity contribution is 1.34. The lowest BCUT2D eigenvalue weighted by Crippen LogP contribution is -1.88. The summed E-state index contributed by atoms with van der Waals surface area (Å²) < 4.78 is 0.917. The summed E-state index contributed by atoms with van der Waals surface area (Å²) >= 11 is 3.33. The summed E-state index contributed by atoms with van der Waals surface area (Å²) in [4.78, 5) is 0. The second kappa shape index (κ2) is 4.52. The summed E-state index contributed by atoms with van der Waals surface area (Å²) in [5.41, 5.74) is 3.55. The van der Waals surface area contributed by atoms with Crippen molar-refractivity contribution < 1.29 is 0 Å². The van der Waals surface area contributed by atoms with E-state index < -0.39 is 0 Å². The van der Waals surface area contributed by atoms with Crippen molar-refractivity contribution in [1.29, 1.82) is 5.26 Å². The van der Waals surface area contributed by atoms with E-state index in [-0.39, 0.29) is 0 Å². The Morgan fingerprint density at radius 2 is 2.25 bits per heavy atom. The number of anilines is 1. The Hall–Kier alpha value is -1.34. The highest BCUT2D eigenvalue weighted by molar-refractivity contribution is 9.10. The number of rotatable bonds is 2. The van der Waals surface area contributed by atoms with E-state index in [0.29, 0.717) is 0 Å². The first-order chi connectivity index (χ1) is 5.84. The Balaban J connectivity index is 2.71. The van der Waals surface area contributed by atoms with Gasteiger partial charge in [-0.1, -0.05) is 12.1 Å². The molecule has 0 aliphatic rings. The van der Waals surface area contributed by atoms with Crippen molar-refractivity contribution >= 4 is 27.8 Å². The average molecular weight is 224 g/mol. The van der Waals surface area contributed by atoms with Gasteiger partial charge in [0, 0.05) is 4.47 Å². The lowest BCUT2D eigenvalue weighted by atomic mass is 10.3. The number of nitriles is 1. The standard InChI is InChI=1S/C8H6BrN3/c9-7-3-1-2-4-8(7)12-11-6-5-10/h1-4,6,12H/b11-6+. The monoisotopic (exact) mass is 223 g/mol. The third-order valence-electron chi connectivity index (χ3n) is 1.18. The number of benzene rings is 1. The first-order valence-electron chi connectivity index (χ1n) is 3.26. The topological polar surface area (TPSA) is 48.2 Å². The number of hydrogen-bond donors (Lipinski definition) is 1. The van der Waals surface area contributed by atoms with Gasteiger partial charge < -0.3 is 0 Å². The van der Waals surface area contributed by atoms with Crippen molar-refractivity contribution in [3.05, 3.63) is 28.7 Å². The molecule has 0 aromatic heterocycles. The smallest absolute Gasteiger partial charge is 0.124 e. The van der Waals surface area contributed by atoms with Crippen LogP contribution in [0.15, 0.2) is 33.8 Å². The molecule has 0 saturated heterocycles. The van der Waals surface area contributed by atoms with Crippen LogP contribution in [0.25, 0.3) is 0 Å². The maximum Gasteiger partial charge on any atom is 0.124 e. The van der Waals surface area contributed by atoms with Crippen LogP contribution < -0.4 is 5.43 Å². The second-order valence-corrected chi connectivity index (χ2v) is 2.83. The first kappa shape index (κ1) is 8.75. The maximum atomic E-state index is 8.16. The van der Waals surface area contributed by atoms with Crippen LogP contribution in [0.3, 0.4) is 0 Å². The number of halogens is 1. The van der Waals surface area contributed by atoms with Crippen molar-refractivity contribution in [2.75, 3.05) is 5.43 Å². The van der Waals surface area contributed by atoms with Crippen molar-refractivity contribution in [3.8, 4) is 6.07 Å². The first-order valence-corrected chi connectivity index (χ1v) is 4.05. The Labute approximate surface area is 78.8 Å². The third kappa shape index (κ3) is 2.36. The molecule has 1 N–H and O–H groups in total. The fraction of sp³-hybridized carbons (Fsp3) is 0. The van der Waals surface area contributed by atoms with Gasteiger partial charge in [-0.2, -0.15) is 10.4 Å². The van der Waals surface area contributed by atoms with Gasteiger partial charge in [-0.3, -0.25) is 5.43 Å². The van der Waals surface area contributed by atoms with Crippen molar-refractivity contribution in [2.45, 2.75) is 0 Å². The molecular weight excluding hydrogens is 218 g/mol. The molecule has 60 valence electrons. The van der Waals surface area contributed by atoms with Gasteiger partial charge in [0.15, 0.2) is 0 Å². The van der Waals surface area contributed by atoms with Gasteiger partial charge in [-0.05, 0) is 28.1 Å². The van der Waals surface area contributed by atoms with E-state index in [1.54, 1.807) is 6.07 Å². The molecule has 3 nitrogen and oxygen atoms in total. The van der Waals surface area contributed by atoms with Crippen LogP contribution in [0.2, 0.25) is 0 Å². The molecule has 4 heteroatoms. The van der Waals surface area contributed by atoms with Gasteiger partial charge in [0.25, 0.3) is 0 Å². The summed E-state index contributed by atoms with van der Waals surface area (Å²) in [5.74, 6) is 0. The van der Waals surface area contributed by atoms with E-state index in [4.69, 9.17) is 5.26 Å². The minimum atomic E-state index is 0.837. The Kier molecular flexibility index (Phi) is 3.30. The predicted molar refractivity (Wildman–Crippen MR) is 51.9 cm³/mol. The zero-order chi connectivity index (χ0) is 8.81. The zero-order valence-corrected chi connectivity index (χ0v) is 7.75. The zero-order valence-electron chi connectivity index (χ0n) is 6.16. The lowest BCUT2D eigenvalue weighted by Gasteiger charge is -2.00. The van der Waals surface area contributed by atoms with Crippen molar-refractivity contribution in [2.24, 2.45) is 5.10 Å². The molecule has 0 radical (unpaired) electrons. The van der Waals surface area contributed by atoms with Gasteiger partial charge in [-0.15, -0.1) is 0 Å². The maximum absolute atomic E-state index is 8.16. The number of nitrogens with zero attached hydrogens (tertiary/aromatic N) is 2. The molecule has 0 amide bonds. The number of para-hydroxylation sites is 1. The fourth-order valence-electron chi connectivity index (χ4n) is 0.683. The van der Waals surface area contributed by atoms with Crippen LogP contribution in [0, 0.1) is 11.3 Å². The third-order valence-corrected chi connectivity index (χ3v) is 1.87. The molecule has 0 heterocycles. The fourth-order valence-corrected chi connectivity index (χ4v) is 1.06. The molecule has 0 aliphatic heterocycles. The van der Waals surface area contributed by atoms with E-state index in [0.717, 1.165) is 16.4 Å². The second-order valence-electron chi connectivity index (χ2n) is 1.98. The summed E-state index contributed by atoms with van der Waals surface area (Å²) in [6, 6.07) is 9.33. The van der Waals surface area contributed by atoms with Crippen LogP contribution in [0.5, 0.6) is 0 Å². The van der Waals surface area contributed by atoms with E-state index >= 15 is 0 Å². The molecule has 1 aromatic rings. The van der Waals surface area contributed by atoms with Gasteiger partial charge >= 0.3 is 0 Å². The number of nitrogens with one attached hydrogen (secondary N) is 1. The highest BCUT2D eigenvalue weighted by Crippen LogP contribution is 2.20. The van der Waals surface area contributed by atoms with Gasteiger partial charge in [-0.25, -0.2) is 0 Å². The highest BCUT2D eigenvalue weighted by atomic mass is 79.9. The van der Waals surface area contributed by atoms with Gasteiger partial charge in [0.1, 0.15) is 12.3 Å². The molecule has 0 aliphatic carbocycles. The predicted octanol–water partition coefficient (Wildman–Crippen LogP) is 2.37. The van der Waals surface area contributed by atoms with E-state index in [9.17, 15) is 0 Å². The van der Waals surface area contributed by atoms with E-state index in [1.165, 1.54) is 0 Å². The SMILES string of the molecule is N#C/C=N/Nc1ccccc1Br. The van der Waals surface area contributed by atoms with Gasteiger partial charge in [0.2, 0.25) is 0 Å². The average Bonchev–Trinajstić information content (AvgIpc) is 2.09. The molecule has 12 heavy (non-hydrogen) atoms. The minimum Gasteiger partial charge on any atom is -0.277 e. The Bertz CT molecular complexity index is 327. The molecule has 0 saturated carbocycles. The van der Waals surface area contributed by atoms with Crippen LogP contribution in [0.1, 0.15) is 0 Å². The molecule has 1 aromatic carbocycles. The largest absolute Gasteiger partial charge is 0.277 e. The molecule has 0 spiro atoms. The highest BCUT2D eigenvalue weighted by Gasteiger charge is 1.93. The Morgan fingerprint density at radius 1 is 1.50 bits per heavy atom. The van der Waals surface area contributed by atoms with Crippen LogP contribution in [-0.2, 0) is 0 Å². The van der Waals surface area contributed by atoms with Crippen molar-refractivity contribution in [1.82, 2.24) is 0 Å². The van der Waals surface area contributed by atoms with E-state index in [1.807, 2.05) is 24.3 Å². The Morgan fingerprint density at radius 3 is 2.92 bits per heavy atom. The summed E-state index contributed by atoms with van der Waals surface area (Å²) in [7, 11) is 0. The van der Waals surface area contributed by atoms with Crippen LogP contribution in [-0.4, -0.2) is 6.21 Å². The van der Waals surface area contributed by atoms with Crippen molar-refractivity contribution in [3.63, 3.8) is 0 Å². The minimum absolute atomic E-state index is 0.837. The summed E-state index contributed by atoms with van der Waals surface area (Å²) in [6.07, 6.45) is 1.14. The number of hydrazone groups is 1. The van der Waals surface area contributed by atoms with Crippen LogP contribution in [0.4, 0.5) is 5.69 Å². The molecular formula is C8H6BrN3. The molecule has 0 bridgehead atoms. The van der Waals surface area contributed by atoms with Gasteiger partial charge in [0.05, 0.1) is 5.69 Å². The molecule has 0 fully saturated rings.